The van der Waals surface area contributed by atoms with Crippen LogP contribution in [0.25, 0.3) is 5.65 Å². The van der Waals surface area contributed by atoms with Crippen LogP contribution in [0.4, 0.5) is 5.82 Å². The molecule has 1 aliphatic heterocycles. The van der Waals surface area contributed by atoms with Gasteiger partial charge in [0.1, 0.15) is 5.82 Å². The molecule has 0 saturated carbocycles. The second-order valence-corrected chi connectivity index (χ2v) is 4.23. The van der Waals surface area contributed by atoms with Crippen LogP contribution in [0.1, 0.15) is 12.8 Å². The number of nitrogens with one attached hydrogen (secondary N) is 1. The van der Waals surface area contributed by atoms with Crippen LogP contribution in [0.5, 0.6) is 0 Å². The molecule has 3 rings (SSSR count). The highest BCUT2D eigenvalue weighted by atomic mass is 16.3. The van der Waals surface area contributed by atoms with E-state index in [-0.39, 0.29) is 11.8 Å². The molecule has 2 aromatic rings. The highest BCUT2D eigenvalue weighted by Crippen LogP contribution is 2.17. The largest absolute Gasteiger partial charge is 0.391 e. The van der Waals surface area contributed by atoms with E-state index >= 15 is 0 Å². The number of aliphatic hydroxyl groups is 1. The lowest BCUT2D eigenvalue weighted by Gasteiger charge is -2.30. The molecule has 90 valence electrons. The summed E-state index contributed by atoms with van der Waals surface area (Å²) in [4.78, 5) is 13.4. The van der Waals surface area contributed by atoms with Gasteiger partial charge in [-0.3, -0.25) is 0 Å². The molecule has 0 aromatic carbocycles. The topological polar surface area (TPSA) is 86.5 Å². The van der Waals surface area contributed by atoms with Crippen molar-refractivity contribution in [3.05, 3.63) is 22.6 Å². The highest BCUT2D eigenvalue weighted by Gasteiger charge is 2.19. The molecule has 0 aliphatic carbocycles. The normalized spacial score (nSPS) is 21.0. The summed E-state index contributed by atoms with van der Waals surface area (Å²) in [5.41, 5.74) is 0.149. The standard InChI is InChI=1S/C10H13N5O2/c16-7-2-1-5-14(6-7)9-4-3-8-11-12-10(17)15(8)13-9/h3-4,7,16H,1-2,5-6H2,(H,12,17). The van der Waals surface area contributed by atoms with Crippen molar-refractivity contribution in [2.24, 2.45) is 0 Å². The van der Waals surface area contributed by atoms with Crippen LogP contribution in [0.2, 0.25) is 0 Å². The molecule has 0 spiro atoms. The van der Waals surface area contributed by atoms with E-state index in [0.717, 1.165) is 19.4 Å². The first kappa shape index (κ1) is 10.3. The van der Waals surface area contributed by atoms with E-state index in [0.29, 0.717) is 18.0 Å². The number of aliphatic hydroxyl groups excluding tert-OH is 1. The molecule has 0 amide bonds. The van der Waals surface area contributed by atoms with E-state index in [1.165, 1.54) is 4.52 Å². The van der Waals surface area contributed by atoms with Crippen LogP contribution in [0.3, 0.4) is 0 Å². The van der Waals surface area contributed by atoms with E-state index in [1.807, 2.05) is 11.0 Å². The lowest BCUT2D eigenvalue weighted by molar-refractivity contribution is 0.153. The fourth-order valence-electron chi connectivity index (χ4n) is 2.12. The molecule has 2 aromatic heterocycles. The van der Waals surface area contributed by atoms with Crippen molar-refractivity contribution >= 4 is 11.5 Å². The monoisotopic (exact) mass is 235 g/mol. The van der Waals surface area contributed by atoms with Crippen molar-refractivity contribution in [2.75, 3.05) is 18.0 Å². The minimum Gasteiger partial charge on any atom is -0.391 e. The molecule has 17 heavy (non-hydrogen) atoms. The van der Waals surface area contributed by atoms with Crippen molar-refractivity contribution in [1.29, 1.82) is 0 Å². The summed E-state index contributed by atoms with van der Waals surface area (Å²) in [6, 6.07) is 3.55. The predicted molar refractivity (Wildman–Crippen MR) is 61.1 cm³/mol. The Morgan fingerprint density at radius 3 is 3.18 bits per heavy atom. The summed E-state index contributed by atoms with van der Waals surface area (Å²) < 4.78 is 1.23. The van der Waals surface area contributed by atoms with Gasteiger partial charge >= 0.3 is 5.69 Å². The number of rotatable bonds is 1. The molecule has 1 saturated heterocycles. The molecule has 1 atom stereocenters. The Kier molecular flexibility index (Phi) is 2.32. The smallest absolute Gasteiger partial charge is 0.364 e. The third-order valence-electron chi connectivity index (χ3n) is 2.98. The minimum atomic E-state index is -0.348. The minimum absolute atomic E-state index is 0.317. The number of aromatic nitrogens is 4. The second-order valence-electron chi connectivity index (χ2n) is 4.23. The van der Waals surface area contributed by atoms with E-state index in [1.54, 1.807) is 6.07 Å². The molecular weight excluding hydrogens is 222 g/mol. The Morgan fingerprint density at radius 1 is 1.47 bits per heavy atom. The van der Waals surface area contributed by atoms with Gasteiger partial charge in [0, 0.05) is 13.1 Å². The number of aromatic amines is 1. The first-order valence-electron chi connectivity index (χ1n) is 5.61. The van der Waals surface area contributed by atoms with Gasteiger partial charge < -0.3 is 10.0 Å². The average Bonchev–Trinajstić information content (AvgIpc) is 2.71. The fraction of sp³-hybridized carbons (Fsp3) is 0.500. The van der Waals surface area contributed by atoms with Gasteiger partial charge in [-0.15, -0.1) is 5.10 Å². The van der Waals surface area contributed by atoms with Crippen LogP contribution >= 0.6 is 0 Å². The molecule has 1 unspecified atom stereocenters. The summed E-state index contributed by atoms with van der Waals surface area (Å²) in [7, 11) is 0. The Morgan fingerprint density at radius 2 is 2.35 bits per heavy atom. The SMILES string of the molecule is O=c1[nH]nc2ccc(N3CCCC(O)C3)nn12. The van der Waals surface area contributed by atoms with E-state index in [2.05, 4.69) is 15.3 Å². The Bertz CT molecular complexity index is 590. The summed E-state index contributed by atoms with van der Waals surface area (Å²) in [6.07, 6.45) is 1.44. The van der Waals surface area contributed by atoms with E-state index in [4.69, 9.17) is 0 Å². The Labute approximate surface area is 96.7 Å². The first-order valence-corrected chi connectivity index (χ1v) is 5.61. The van der Waals surface area contributed by atoms with Crippen LogP contribution in [-0.4, -0.2) is 44.1 Å². The zero-order valence-electron chi connectivity index (χ0n) is 9.20. The van der Waals surface area contributed by atoms with Gasteiger partial charge in [0.2, 0.25) is 0 Å². The van der Waals surface area contributed by atoms with E-state index in [9.17, 15) is 9.90 Å². The summed E-state index contributed by atoms with van der Waals surface area (Å²) in [5, 5.41) is 20.0. The molecule has 7 heteroatoms. The third kappa shape index (κ3) is 1.78. The van der Waals surface area contributed by atoms with Gasteiger partial charge in [0.15, 0.2) is 5.65 Å². The maximum atomic E-state index is 11.4. The average molecular weight is 235 g/mol. The van der Waals surface area contributed by atoms with Crippen LogP contribution < -0.4 is 10.6 Å². The first-order chi connectivity index (χ1) is 8.24. The molecule has 7 nitrogen and oxygen atoms in total. The van der Waals surface area contributed by atoms with Gasteiger partial charge in [0.05, 0.1) is 6.10 Å². The number of anilines is 1. The van der Waals surface area contributed by atoms with Gasteiger partial charge in [-0.1, -0.05) is 0 Å². The maximum absolute atomic E-state index is 11.4. The summed E-state index contributed by atoms with van der Waals surface area (Å²) >= 11 is 0. The summed E-state index contributed by atoms with van der Waals surface area (Å²) in [5.74, 6) is 0.694. The van der Waals surface area contributed by atoms with Gasteiger partial charge in [-0.25, -0.2) is 9.89 Å². The molecule has 1 fully saturated rings. The molecule has 2 N–H and O–H groups in total. The highest BCUT2D eigenvalue weighted by molar-refractivity contribution is 5.45. The van der Waals surface area contributed by atoms with E-state index < -0.39 is 0 Å². The quantitative estimate of drug-likeness (QED) is 0.688. The molecular formula is C10H13N5O2. The van der Waals surface area contributed by atoms with Crippen molar-refractivity contribution in [3.63, 3.8) is 0 Å². The zero-order valence-corrected chi connectivity index (χ0v) is 9.20. The lowest BCUT2D eigenvalue weighted by atomic mass is 10.1. The van der Waals surface area contributed by atoms with Crippen molar-refractivity contribution in [2.45, 2.75) is 18.9 Å². The summed E-state index contributed by atoms with van der Waals surface area (Å²) in [6.45, 7) is 1.41. The number of β-amino-alcohol motifs (C(OH)–C–C–N with tert-alkyl or cyclic N) is 1. The van der Waals surface area contributed by atoms with Crippen molar-refractivity contribution < 1.29 is 5.11 Å². The van der Waals surface area contributed by atoms with Gasteiger partial charge in [-0.05, 0) is 25.0 Å². The van der Waals surface area contributed by atoms with Crippen molar-refractivity contribution in [1.82, 2.24) is 19.8 Å². The number of nitrogens with zero attached hydrogens (tertiary/aromatic N) is 4. The number of hydrogen-bond donors (Lipinski definition) is 2. The zero-order chi connectivity index (χ0) is 11.8. The van der Waals surface area contributed by atoms with Crippen LogP contribution in [0, 0.1) is 0 Å². The Balaban J connectivity index is 1.99. The molecule has 0 bridgehead atoms. The number of piperidine rings is 1. The Hall–Kier alpha value is -1.89. The van der Waals surface area contributed by atoms with Crippen LogP contribution in [-0.2, 0) is 0 Å². The van der Waals surface area contributed by atoms with Gasteiger partial charge in [-0.2, -0.15) is 9.61 Å². The predicted octanol–water partition coefficient (Wildman–Crippen LogP) is -0.621. The van der Waals surface area contributed by atoms with Gasteiger partial charge in [0.25, 0.3) is 0 Å². The molecule has 1 aliphatic rings. The lowest BCUT2D eigenvalue weighted by Crippen LogP contribution is -2.39. The number of hydrogen-bond acceptors (Lipinski definition) is 5. The fourth-order valence-corrected chi connectivity index (χ4v) is 2.12. The van der Waals surface area contributed by atoms with Crippen molar-refractivity contribution in [3.8, 4) is 0 Å². The van der Waals surface area contributed by atoms with Crippen LogP contribution in [0.15, 0.2) is 16.9 Å². The number of H-pyrrole nitrogens is 1. The molecule has 3 heterocycles. The third-order valence-corrected chi connectivity index (χ3v) is 2.98. The molecule has 0 radical (unpaired) electrons. The maximum Gasteiger partial charge on any atom is 0.364 e. The second kappa shape index (κ2) is 3.85. The number of fused-ring (bicyclic) bond motifs is 1.